The summed E-state index contributed by atoms with van der Waals surface area (Å²) in [6, 6.07) is 18.4. The van der Waals surface area contributed by atoms with Crippen molar-refractivity contribution < 1.29 is 9.90 Å². The number of carbonyl (C=O) groups is 1. The molecule has 22 heavy (non-hydrogen) atoms. The highest BCUT2D eigenvalue weighted by Gasteiger charge is 2.38. The molecule has 1 heterocycles. The van der Waals surface area contributed by atoms with Gasteiger partial charge in [-0.3, -0.25) is 9.69 Å². The van der Waals surface area contributed by atoms with Gasteiger partial charge >= 0.3 is 5.97 Å². The van der Waals surface area contributed by atoms with Crippen LogP contribution < -0.4 is 0 Å². The van der Waals surface area contributed by atoms with Crippen molar-refractivity contribution in [1.29, 1.82) is 0 Å². The highest BCUT2D eigenvalue weighted by Crippen LogP contribution is 2.33. The van der Waals surface area contributed by atoms with E-state index in [0.29, 0.717) is 6.54 Å². The lowest BCUT2D eigenvalue weighted by molar-refractivity contribution is -0.141. The second kappa shape index (κ2) is 6.32. The average molecular weight is 295 g/mol. The van der Waals surface area contributed by atoms with E-state index < -0.39 is 5.97 Å². The van der Waals surface area contributed by atoms with Crippen LogP contribution in [0.2, 0.25) is 0 Å². The van der Waals surface area contributed by atoms with Gasteiger partial charge in [0, 0.05) is 25.6 Å². The lowest BCUT2D eigenvalue weighted by Crippen LogP contribution is -2.23. The summed E-state index contributed by atoms with van der Waals surface area (Å²) in [5.74, 6) is -0.948. The number of rotatable bonds is 4. The zero-order chi connectivity index (χ0) is 15.5. The molecule has 1 aliphatic rings. The van der Waals surface area contributed by atoms with Crippen LogP contribution in [0.25, 0.3) is 0 Å². The molecule has 0 aromatic heterocycles. The fraction of sp³-hybridized carbons (Fsp3) is 0.316. The van der Waals surface area contributed by atoms with Gasteiger partial charge in [0.15, 0.2) is 0 Å². The van der Waals surface area contributed by atoms with Crippen LogP contribution in [0.3, 0.4) is 0 Å². The van der Waals surface area contributed by atoms with Gasteiger partial charge in [-0.25, -0.2) is 0 Å². The molecule has 3 heteroatoms. The number of benzene rings is 2. The summed E-state index contributed by atoms with van der Waals surface area (Å²) in [5.41, 5.74) is 3.62. The number of likely N-dealkylation sites (tertiary alicyclic amines) is 1. The Bertz CT molecular complexity index is 653. The van der Waals surface area contributed by atoms with Crippen LogP contribution in [-0.4, -0.2) is 29.1 Å². The lowest BCUT2D eigenvalue weighted by atomic mass is 9.89. The van der Waals surface area contributed by atoms with E-state index in [1.165, 1.54) is 11.1 Å². The van der Waals surface area contributed by atoms with Crippen molar-refractivity contribution in [1.82, 2.24) is 4.90 Å². The average Bonchev–Trinajstić information content (AvgIpc) is 2.92. The zero-order valence-electron chi connectivity index (χ0n) is 12.8. The van der Waals surface area contributed by atoms with Crippen molar-refractivity contribution in [2.75, 3.05) is 13.1 Å². The fourth-order valence-corrected chi connectivity index (χ4v) is 3.37. The Morgan fingerprint density at radius 2 is 1.91 bits per heavy atom. The second-order valence-corrected chi connectivity index (χ2v) is 6.15. The molecule has 114 valence electrons. The summed E-state index contributed by atoms with van der Waals surface area (Å²) >= 11 is 0. The van der Waals surface area contributed by atoms with Crippen molar-refractivity contribution in [3.63, 3.8) is 0 Å². The van der Waals surface area contributed by atoms with Crippen LogP contribution in [0.4, 0.5) is 0 Å². The minimum atomic E-state index is -0.694. The van der Waals surface area contributed by atoms with Gasteiger partial charge in [-0.05, 0) is 18.1 Å². The Morgan fingerprint density at radius 1 is 1.14 bits per heavy atom. The van der Waals surface area contributed by atoms with Crippen LogP contribution in [0.15, 0.2) is 54.6 Å². The third-order valence-corrected chi connectivity index (χ3v) is 4.43. The maximum atomic E-state index is 11.6. The molecule has 1 saturated heterocycles. The van der Waals surface area contributed by atoms with Crippen LogP contribution in [0.1, 0.15) is 22.6 Å². The number of aryl methyl sites for hydroxylation is 1. The molecule has 0 amide bonds. The van der Waals surface area contributed by atoms with Crippen molar-refractivity contribution >= 4 is 5.97 Å². The lowest BCUT2D eigenvalue weighted by Gasteiger charge is -2.16. The van der Waals surface area contributed by atoms with Gasteiger partial charge in [0.2, 0.25) is 0 Å². The molecule has 2 atom stereocenters. The van der Waals surface area contributed by atoms with Crippen LogP contribution >= 0.6 is 0 Å². The van der Waals surface area contributed by atoms with Gasteiger partial charge in [-0.1, -0.05) is 60.2 Å². The smallest absolute Gasteiger partial charge is 0.308 e. The summed E-state index contributed by atoms with van der Waals surface area (Å²) < 4.78 is 0. The molecule has 2 aromatic carbocycles. The molecule has 1 aliphatic heterocycles. The number of aliphatic carboxylic acids is 1. The van der Waals surface area contributed by atoms with Crippen molar-refractivity contribution in [2.24, 2.45) is 5.92 Å². The van der Waals surface area contributed by atoms with Crippen molar-refractivity contribution in [3.05, 3.63) is 71.3 Å². The first-order chi connectivity index (χ1) is 10.6. The normalized spacial score (nSPS) is 21.9. The number of nitrogens with zero attached hydrogens (tertiary/aromatic N) is 1. The molecule has 0 saturated carbocycles. The number of hydrogen-bond donors (Lipinski definition) is 1. The van der Waals surface area contributed by atoms with Crippen LogP contribution in [0.5, 0.6) is 0 Å². The molecule has 1 N–H and O–H groups in total. The Hall–Kier alpha value is -2.13. The second-order valence-electron chi connectivity index (χ2n) is 6.15. The first kappa shape index (κ1) is 14.8. The molecule has 3 rings (SSSR count). The predicted octanol–water partition coefficient (Wildman–Crippen LogP) is 3.30. The van der Waals surface area contributed by atoms with Crippen LogP contribution in [-0.2, 0) is 11.3 Å². The van der Waals surface area contributed by atoms with Crippen molar-refractivity contribution in [2.45, 2.75) is 19.4 Å². The van der Waals surface area contributed by atoms with E-state index in [0.717, 1.165) is 18.7 Å². The first-order valence-electron chi connectivity index (χ1n) is 7.69. The topological polar surface area (TPSA) is 40.5 Å². The molecule has 1 fully saturated rings. The molecule has 0 bridgehead atoms. The van der Waals surface area contributed by atoms with E-state index in [-0.39, 0.29) is 11.8 Å². The monoisotopic (exact) mass is 295 g/mol. The number of carboxylic acid groups (broad SMARTS) is 1. The number of hydrogen-bond acceptors (Lipinski definition) is 2. The minimum Gasteiger partial charge on any atom is -0.481 e. The van der Waals surface area contributed by atoms with Gasteiger partial charge in [-0.2, -0.15) is 0 Å². The third-order valence-electron chi connectivity index (χ3n) is 4.43. The predicted molar refractivity (Wildman–Crippen MR) is 86.8 cm³/mol. The largest absolute Gasteiger partial charge is 0.481 e. The Balaban J connectivity index is 1.77. The quantitative estimate of drug-likeness (QED) is 0.941. The SMILES string of the molecule is Cc1cccc(CN2C[C@H](C(=O)O)[C@H](c3ccccc3)C2)c1. The maximum Gasteiger partial charge on any atom is 0.308 e. The summed E-state index contributed by atoms with van der Waals surface area (Å²) in [7, 11) is 0. The van der Waals surface area contributed by atoms with Crippen molar-refractivity contribution in [3.8, 4) is 0 Å². The van der Waals surface area contributed by atoms with E-state index in [1.807, 2.05) is 30.3 Å². The molecule has 0 radical (unpaired) electrons. The van der Waals surface area contributed by atoms with Gasteiger partial charge < -0.3 is 5.11 Å². The number of carboxylic acids is 1. The highest BCUT2D eigenvalue weighted by molar-refractivity contribution is 5.72. The summed E-state index contributed by atoms with van der Waals surface area (Å²) in [5, 5.41) is 9.55. The van der Waals surface area contributed by atoms with E-state index in [4.69, 9.17) is 0 Å². The van der Waals surface area contributed by atoms with Crippen LogP contribution in [0, 0.1) is 12.8 Å². The summed E-state index contributed by atoms with van der Waals surface area (Å²) in [6.07, 6.45) is 0. The van der Waals surface area contributed by atoms with E-state index in [2.05, 4.69) is 36.1 Å². The fourth-order valence-electron chi connectivity index (χ4n) is 3.37. The zero-order valence-corrected chi connectivity index (χ0v) is 12.8. The Kier molecular flexibility index (Phi) is 4.25. The molecule has 0 spiro atoms. The molecule has 0 unspecified atom stereocenters. The highest BCUT2D eigenvalue weighted by atomic mass is 16.4. The molecule has 3 nitrogen and oxygen atoms in total. The summed E-state index contributed by atoms with van der Waals surface area (Å²) in [4.78, 5) is 13.9. The Morgan fingerprint density at radius 3 is 2.59 bits per heavy atom. The molecule has 0 aliphatic carbocycles. The van der Waals surface area contributed by atoms with Gasteiger partial charge in [-0.15, -0.1) is 0 Å². The standard InChI is InChI=1S/C19H21NO2/c1-14-6-5-7-15(10-14)11-20-12-17(18(13-20)19(21)22)16-8-3-2-4-9-16/h2-10,17-18H,11-13H2,1H3,(H,21,22)/t17-,18-/m0/s1. The Labute approximate surface area is 131 Å². The van der Waals surface area contributed by atoms with Gasteiger partial charge in [0.05, 0.1) is 5.92 Å². The molecular weight excluding hydrogens is 274 g/mol. The molecule has 2 aromatic rings. The maximum absolute atomic E-state index is 11.6. The van der Waals surface area contributed by atoms with E-state index in [9.17, 15) is 9.90 Å². The van der Waals surface area contributed by atoms with E-state index in [1.54, 1.807) is 0 Å². The first-order valence-corrected chi connectivity index (χ1v) is 7.69. The molecular formula is C19H21NO2. The summed E-state index contributed by atoms with van der Waals surface area (Å²) in [6.45, 7) is 4.31. The third kappa shape index (κ3) is 3.20. The van der Waals surface area contributed by atoms with E-state index >= 15 is 0 Å². The van der Waals surface area contributed by atoms with Gasteiger partial charge in [0.1, 0.15) is 0 Å². The minimum absolute atomic E-state index is 0.0727. The van der Waals surface area contributed by atoms with Gasteiger partial charge in [0.25, 0.3) is 0 Å².